The number of piperazine rings is 1. The fourth-order valence-corrected chi connectivity index (χ4v) is 4.15. The first-order chi connectivity index (χ1) is 15.4. The zero-order valence-corrected chi connectivity index (χ0v) is 19.5. The molecule has 1 aromatic carbocycles. The highest BCUT2D eigenvalue weighted by Gasteiger charge is 2.25. The number of ether oxygens (including phenoxy) is 2. The van der Waals surface area contributed by atoms with Gasteiger partial charge in [-0.05, 0) is 24.3 Å². The molecular formula is C23H25Cl2N3O4. The van der Waals surface area contributed by atoms with Crippen LogP contribution >= 0.6 is 23.2 Å². The van der Waals surface area contributed by atoms with Crippen LogP contribution in [0.15, 0.2) is 53.0 Å². The lowest BCUT2D eigenvalue weighted by Gasteiger charge is -2.34. The van der Waals surface area contributed by atoms with Crippen molar-refractivity contribution in [3.05, 3.63) is 58.6 Å². The minimum absolute atomic E-state index is 0.0360. The second-order valence-electron chi connectivity index (χ2n) is 7.20. The summed E-state index contributed by atoms with van der Waals surface area (Å²) in [4.78, 5) is 32.3. The molecule has 3 rings (SSSR count). The fourth-order valence-electron chi connectivity index (χ4n) is 3.58. The van der Waals surface area contributed by atoms with Gasteiger partial charge in [0.2, 0.25) is 11.8 Å². The van der Waals surface area contributed by atoms with Gasteiger partial charge in [-0.3, -0.25) is 14.6 Å². The number of benzene rings is 1. The number of hydrogen-bond donors (Lipinski definition) is 0. The molecule has 0 aromatic heterocycles. The van der Waals surface area contributed by atoms with E-state index in [4.69, 9.17) is 32.7 Å². The summed E-state index contributed by atoms with van der Waals surface area (Å²) >= 11 is 13.0. The lowest BCUT2D eigenvalue weighted by Crippen LogP contribution is -2.50. The van der Waals surface area contributed by atoms with E-state index in [0.29, 0.717) is 58.8 Å². The largest absolute Gasteiger partial charge is 0.495 e. The summed E-state index contributed by atoms with van der Waals surface area (Å²) in [6.45, 7) is 5.34. The number of aliphatic imine (C=N–C) groups is 1. The van der Waals surface area contributed by atoms with E-state index in [0.717, 1.165) is 0 Å². The van der Waals surface area contributed by atoms with Crippen molar-refractivity contribution >= 4 is 46.3 Å². The number of halogens is 2. The van der Waals surface area contributed by atoms with Crippen molar-refractivity contribution in [2.24, 2.45) is 4.99 Å². The van der Waals surface area contributed by atoms with Gasteiger partial charge >= 0.3 is 0 Å². The van der Waals surface area contributed by atoms with E-state index < -0.39 is 6.10 Å². The Morgan fingerprint density at radius 3 is 2.50 bits per heavy atom. The van der Waals surface area contributed by atoms with Gasteiger partial charge in [-0.1, -0.05) is 41.9 Å². The third-order valence-electron chi connectivity index (χ3n) is 5.38. The molecule has 2 aliphatic rings. The molecule has 170 valence electrons. The fraction of sp³-hybridized carbons (Fsp3) is 0.348. The Labute approximate surface area is 197 Å². The minimum atomic E-state index is -0.481. The molecule has 0 saturated carbocycles. The second kappa shape index (κ2) is 10.8. The Bertz CT molecular complexity index is 995. The van der Waals surface area contributed by atoms with Crippen LogP contribution in [-0.4, -0.2) is 80.4 Å². The first-order valence-corrected chi connectivity index (χ1v) is 10.8. The Kier molecular flexibility index (Phi) is 8.12. The molecule has 1 atom stereocenters. The molecule has 1 aliphatic heterocycles. The van der Waals surface area contributed by atoms with Gasteiger partial charge in [0, 0.05) is 49.5 Å². The predicted octanol–water partition coefficient (Wildman–Crippen LogP) is 3.18. The molecule has 0 radical (unpaired) electrons. The van der Waals surface area contributed by atoms with Crippen LogP contribution in [0.25, 0.3) is 5.57 Å². The van der Waals surface area contributed by atoms with Gasteiger partial charge in [0.15, 0.2) is 0 Å². The van der Waals surface area contributed by atoms with Crippen molar-refractivity contribution in [1.82, 2.24) is 9.80 Å². The number of allylic oxidation sites excluding steroid dienone is 2. The quantitative estimate of drug-likeness (QED) is 0.589. The first kappa shape index (κ1) is 24.0. The van der Waals surface area contributed by atoms with Gasteiger partial charge in [-0.2, -0.15) is 0 Å². The maximum absolute atomic E-state index is 12.7. The summed E-state index contributed by atoms with van der Waals surface area (Å²) in [5.74, 6) is 0.291. The van der Waals surface area contributed by atoms with Crippen LogP contribution in [-0.2, 0) is 14.3 Å². The lowest BCUT2D eigenvalue weighted by molar-refractivity contribution is -0.136. The first-order valence-electron chi connectivity index (χ1n) is 10.1. The number of carbonyl (C=O) groups excluding carboxylic acids is 2. The molecule has 1 aliphatic carbocycles. The summed E-state index contributed by atoms with van der Waals surface area (Å²) in [7, 11) is 3.10. The van der Waals surface area contributed by atoms with Crippen LogP contribution in [0.2, 0.25) is 5.02 Å². The molecule has 0 N–H and O–H groups in total. The van der Waals surface area contributed by atoms with E-state index in [1.54, 1.807) is 42.2 Å². The van der Waals surface area contributed by atoms with Crippen molar-refractivity contribution in [3.8, 4) is 5.75 Å². The summed E-state index contributed by atoms with van der Waals surface area (Å²) in [6, 6.07) is 5.43. The van der Waals surface area contributed by atoms with Gasteiger partial charge in [-0.15, -0.1) is 0 Å². The van der Waals surface area contributed by atoms with Gasteiger partial charge < -0.3 is 19.3 Å². The van der Waals surface area contributed by atoms with Gasteiger partial charge in [0.05, 0.1) is 17.8 Å². The average molecular weight is 478 g/mol. The van der Waals surface area contributed by atoms with E-state index in [2.05, 4.69) is 11.6 Å². The number of methoxy groups -OCH3 is 2. The summed E-state index contributed by atoms with van der Waals surface area (Å²) in [5, 5.41) is 0.909. The van der Waals surface area contributed by atoms with Crippen molar-refractivity contribution in [3.63, 3.8) is 0 Å². The van der Waals surface area contributed by atoms with Crippen molar-refractivity contribution in [1.29, 1.82) is 0 Å². The van der Waals surface area contributed by atoms with Crippen LogP contribution in [0.3, 0.4) is 0 Å². The lowest BCUT2D eigenvalue weighted by atomic mass is 9.96. The molecule has 1 heterocycles. The number of nitrogens with zero attached hydrogens (tertiary/aromatic N) is 3. The highest BCUT2D eigenvalue weighted by atomic mass is 35.5. The molecule has 7 nitrogen and oxygen atoms in total. The molecule has 2 amide bonds. The zero-order chi connectivity index (χ0) is 23.3. The smallest absolute Gasteiger partial charge is 0.246 e. The average Bonchev–Trinajstić information content (AvgIpc) is 2.82. The number of amides is 2. The van der Waals surface area contributed by atoms with E-state index in [1.807, 2.05) is 12.1 Å². The molecule has 32 heavy (non-hydrogen) atoms. The number of rotatable bonds is 6. The molecular weight excluding hydrogens is 453 g/mol. The number of hydrogen-bond acceptors (Lipinski definition) is 5. The van der Waals surface area contributed by atoms with Crippen LogP contribution in [0.4, 0.5) is 0 Å². The number of carbonyl (C=O) groups is 2. The molecule has 1 saturated heterocycles. The second-order valence-corrected chi connectivity index (χ2v) is 7.99. The SMILES string of the molecule is C=CC(=O)N1CCN(C(=O)CN=C2C=C(c3cccc(OC)c3Cl)C(Cl)=CC2OC)CC1. The minimum Gasteiger partial charge on any atom is -0.495 e. The monoisotopic (exact) mass is 477 g/mol. The maximum atomic E-state index is 12.7. The summed E-state index contributed by atoms with van der Waals surface area (Å²) < 4.78 is 10.8. The van der Waals surface area contributed by atoms with Crippen LogP contribution < -0.4 is 4.74 Å². The van der Waals surface area contributed by atoms with Gasteiger partial charge in [0.1, 0.15) is 18.4 Å². The summed E-state index contributed by atoms with van der Waals surface area (Å²) in [5.41, 5.74) is 1.94. The molecule has 0 bridgehead atoms. The Morgan fingerprint density at radius 2 is 1.88 bits per heavy atom. The molecule has 1 unspecified atom stereocenters. The molecule has 1 fully saturated rings. The summed E-state index contributed by atoms with van der Waals surface area (Å²) in [6.07, 6.45) is 4.32. The molecule has 9 heteroatoms. The van der Waals surface area contributed by atoms with Gasteiger partial charge in [-0.25, -0.2) is 0 Å². The van der Waals surface area contributed by atoms with Crippen LogP contribution in [0, 0.1) is 0 Å². The maximum Gasteiger partial charge on any atom is 0.246 e. The third kappa shape index (κ3) is 5.23. The Balaban J connectivity index is 1.77. The molecule has 1 aromatic rings. The van der Waals surface area contributed by atoms with E-state index in [9.17, 15) is 9.59 Å². The predicted molar refractivity (Wildman–Crippen MR) is 126 cm³/mol. The highest BCUT2D eigenvalue weighted by Crippen LogP contribution is 2.38. The normalized spacial score (nSPS) is 20.0. The topological polar surface area (TPSA) is 71.4 Å². The van der Waals surface area contributed by atoms with E-state index >= 15 is 0 Å². The Hall–Kier alpha value is -2.61. The van der Waals surface area contributed by atoms with Crippen LogP contribution in [0.5, 0.6) is 5.75 Å². The standard InChI is InChI=1S/C23H25Cl2N3O4/c1-4-21(29)27-8-10-28(11-9-27)22(30)14-26-18-12-16(17(24)13-20(18)32-3)15-6-5-7-19(31-2)23(15)25/h4-7,12-13,20H,1,8-11,14H2,2-3H3. The molecule has 0 spiro atoms. The third-order valence-corrected chi connectivity index (χ3v) is 6.10. The van der Waals surface area contributed by atoms with Crippen molar-refractivity contribution in [2.75, 3.05) is 46.9 Å². The van der Waals surface area contributed by atoms with Crippen molar-refractivity contribution in [2.45, 2.75) is 6.10 Å². The van der Waals surface area contributed by atoms with Crippen LogP contribution in [0.1, 0.15) is 5.56 Å². The van der Waals surface area contributed by atoms with E-state index in [-0.39, 0.29) is 18.4 Å². The van der Waals surface area contributed by atoms with Gasteiger partial charge in [0.25, 0.3) is 0 Å². The van der Waals surface area contributed by atoms with Crippen molar-refractivity contribution < 1.29 is 19.1 Å². The zero-order valence-electron chi connectivity index (χ0n) is 18.0. The van der Waals surface area contributed by atoms with E-state index in [1.165, 1.54) is 6.08 Å². The highest BCUT2D eigenvalue weighted by molar-refractivity contribution is 6.41. The Morgan fingerprint density at radius 1 is 1.19 bits per heavy atom.